The maximum atomic E-state index is 11.4. The van der Waals surface area contributed by atoms with E-state index in [0.717, 1.165) is 11.3 Å². The molecule has 2 heterocycles. The summed E-state index contributed by atoms with van der Waals surface area (Å²) in [5, 5.41) is 3.18. The van der Waals surface area contributed by atoms with E-state index in [1.54, 1.807) is 0 Å². The molecule has 2 aliphatic heterocycles. The van der Waals surface area contributed by atoms with E-state index < -0.39 is 9.84 Å². The Balaban J connectivity index is 1.74. The van der Waals surface area contributed by atoms with E-state index >= 15 is 0 Å². The van der Waals surface area contributed by atoms with Gasteiger partial charge < -0.3 is 14.8 Å². The van der Waals surface area contributed by atoms with Crippen molar-refractivity contribution in [2.24, 2.45) is 0 Å². The molecule has 0 saturated carbocycles. The summed E-state index contributed by atoms with van der Waals surface area (Å²) >= 11 is 0. The first-order valence-corrected chi connectivity index (χ1v) is 8.20. The molecular formula is C13H17NO4S. The smallest absolute Gasteiger partial charge is 0.154 e. The summed E-state index contributed by atoms with van der Waals surface area (Å²) in [6.45, 7) is 0.618. The van der Waals surface area contributed by atoms with Crippen LogP contribution in [0, 0.1) is 0 Å². The van der Waals surface area contributed by atoms with Crippen molar-refractivity contribution < 1.29 is 17.9 Å². The SMILES string of the molecule is CNC1COc2cc(OC3CCS(=O)(=O)C3)ccc21. The van der Waals surface area contributed by atoms with E-state index in [0.29, 0.717) is 18.8 Å². The molecule has 1 N–H and O–H groups in total. The molecule has 0 aromatic heterocycles. The Hall–Kier alpha value is -1.27. The maximum absolute atomic E-state index is 11.4. The molecule has 1 aromatic rings. The lowest BCUT2D eigenvalue weighted by molar-refractivity contribution is 0.227. The van der Waals surface area contributed by atoms with Gasteiger partial charge in [-0.2, -0.15) is 0 Å². The highest BCUT2D eigenvalue weighted by atomic mass is 32.2. The van der Waals surface area contributed by atoms with Gasteiger partial charge in [0.1, 0.15) is 24.2 Å². The normalized spacial score (nSPS) is 27.8. The number of rotatable bonds is 3. The summed E-state index contributed by atoms with van der Waals surface area (Å²) in [7, 11) is -1.01. The number of fused-ring (bicyclic) bond motifs is 1. The highest BCUT2D eigenvalue weighted by Gasteiger charge is 2.30. The fraction of sp³-hybridized carbons (Fsp3) is 0.538. The van der Waals surface area contributed by atoms with Crippen molar-refractivity contribution in [1.29, 1.82) is 0 Å². The molecule has 19 heavy (non-hydrogen) atoms. The number of benzene rings is 1. The van der Waals surface area contributed by atoms with Gasteiger partial charge in [-0.15, -0.1) is 0 Å². The van der Waals surface area contributed by atoms with Crippen LogP contribution in [0.4, 0.5) is 0 Å². The van der Waals surface area contributed by atoms with Crippen LogP contribution in [0.2, 0.25) is 0 Å². The van der Waals surface area contributed by atoms with Crippen molar-refractivity contribution in [3.63, 3.8) is 0 Å². The average Bonchev–Trinajstić information content (AvgIpc) is 2.92. The molecule has 0 radical (unpaired) electrons. The molecule has 104 valence electrons. The minimum atomic E-state index is -2.91. The first-order valence-electron chi connectivity index (χ1n) is 6.38. The average molecular weight is 283 g/mol. The number of nitrogens with one attached hydrogen (secondary N) is 1. The second-order valence-electron chi connectivity index (χ2n) is 4.99. The van der Waals surface area contributed by atoms with E-state index in [9.17, 15) is 8.42 Å². The second-order valence-corrected chi connectivity index (χ2v) is 7.22. The molecule has 0 bridgehead atoms. The van der Waals surface area contributed by atoms with Crippen LogP contribution in [-0.2, 0) is 9.84 Å². The topological polar surface area (TPSA) is 64.6 Å². The highest BCUT2D eigenvalue weighted by molar-refractivity contribution is 7.91. The number of sulfone groups is 1. The van der Waals surface area contributed by atoms with Gasteiger partial charge in [0.25, 0.3) is 0 Å². The van der Waals surface area contributed by atoms with Gasteiger partial charge in [0.15, 0.2) is 9.84 Å². The zero-order valence-electron chi connectivity index (χ0n) is 10.8. The van der Waals surface area contributed by atoms with Crippen molar-refractivity contribution in [1.82, 2.24) is 5.32 Å². The van der Waals surface area contributed by atoms with Gasteiger partial charge in [-0.05, 0) is 25.6 Å². The van der Waals surface area contributed by atoms with Crippen LogP contribution < -0.4 is 14.8 Å². The van der Waals surface area contributed by atoms with Gasteiger partial charge in [0, 0.05) is 11.6 Å². The molecule has 2 atom stereocenters. The molecular weight excluding hydrogens is 266 g/mol. The van der Waals surface area contributed by atoms with Crippen LogP contribution in [0.15, 0.2) is 18.2 Å². The summed E-state index contributed by atoms with van der Waals surface area (Å²) < 4.78 is 34.1. The van der Waals surface area contributed by atoms with Gasteiger partial charge in [-0.1, -0.05) is 0 Å². The summed E-state index contributed by atoms with van der Waals surface area (Å²) in [5.41, 5.74) is 1.12. The van der Waals surface area contributed by atoms with Gasteiger partial charge in [-0.3, -0.25) is 0 Å². The molecule has 1 saturated heterocycles. The van der Waals surface area contributed by atoms with Gasteiger partial charge in [-0.25, -0.2) is 8.42 Å². The summed E-state index contributed by atoms with van der Waals surface area (Å²) in [6.07, 6.45) is 0.337. The molecule has 2 aliphatic rings. The van der Waals surface area contributed by atoms with Gasteiger partial charge in [0.2, 0.25) is 0 Å². The van der Waals surface area contributed by atoms with Crippen molar-refractivity contribution in [3.8, 4) is 11.5 Å². The van der Waals surface area contributed by atoms with Crippen LogP contribution in [0.3, 0.4) is 0 Å². The number of hydrogen-bond acceptors (Lipinski definition) is 5. The van der Waals surface area contributed by atoms with E-state index in [-0.39, 0.29) is 23.7 Å². The maximum Gasteiger partial charge on any atom is 0.154 e. The molecule has 0 spiro atoms. The third-order valence-corrected chi connectivity index (χ3v) is 5.35. The van der Waals surface area contributed by atoms with Crippen LogP contribution in [0.1, 0.15) is 18.0 Å². The Labute approximate surface area is 112 Å². The Morgan fingerprint density at radius 1 is 1.42 bits per heavy atom. The summed E-state index contributed by atoms with van der Waals surface area (Å²) in [6, 6.07) is 5.92. The van der Waals surface area contributed by atoms with Crippen LogP contribution in [-0.4, -0.2) is 39.7 Å². The predicted molar refractivity (Wildman–Crippen MR) is 71.4 cm³/mol. The molecule has 2 unspecified atom stereocenters. The van der Waals surface area contributed by atoms with E-state index in [1.807, 2.05) is 25.2 Å². The van der Waals surface area contributed by atoms with Gasteiger partial charge in [0.05, 0.1) is 17.5 Å². The first kappa shape index (κ1) is 12.7. The number of ether oxygens (including phenoxy) is 2. The summed E-state index contributed by atoms with van der Waals surface area (Å²) in [4.78, 5) is 0. The summed E-state index contributed by atoms with van der Waals surface area (Å²) in [5.74, 6) is 1.83. The third-order valence-electron chi connectivity index (χ3n) is 3.61. The number of hydrogen-bond donors (Lipinski definition) is 1. The van der Waals surface area contributed by atoms with Crippen molar-refractivity contribution in [2.75, 3.05) is 25.2 Å². The van der Waals surface area contributed by atoms with E-state index in [1.165, 1.54) is 0 Å². The van der Waals surface area contributed by atoms with Crippen LogP contribution in [0.5, 0.6) is 11.5 Å². The Kier molecular flexibility index (Phi) is 3.14. The first-order chi connectivity index (χ1) is 9.07. The fourth-order valence-electron chi connectivity index (χ4n) is 2.55. The van der Waals surface area contributed by atoms with E-state index in [2.05, 4.69) is 5.32 Å². The molecule has 0 aliphatic carbocycles. The quantitative estimate of drug-likeness (QED) is 0.893. The monoisotopic (exact) mass is 283 g/mol. The van der Waals surface area contributed by atoms with Crippen molar-refractivity contribution in [3.05, 3.63) is 23.8 Å². The Morgan fingerprint density at radius 3 is 2.95 bits per heavy atom. The van der Waals surface area contributed by atoms with E-state index in [4.69, 9.17) is 9.47 Å². The van der Waals surface area contributed by atoms with Crippen molar-refractivity contribution >= 4 is 9.84 Å². The number of likely N-dealkylation sites (N-methyl/N-ethyl adjacent to an activating group) is 1. The van der Waals surface area contributed by atoms with Crippen LogP contribution in [0.25, 0.3) is 0 Å². The predicted octanol–water partition coefficient (Wildman–Crippen LogP) is 0.905. The standard InChI is InChI=1S/C13H17NO4S/c1-14-12-7-17-13-6-9(2-3-11(12)13)18-10-4-5-19(15,16)8-10/h2-3,6,10,12,14H,4-5,7-8H2,1H3. The van der Waals surface area contributed by atoms with Gasteiger partial charge >= 0.3 is 0 Å². The van der Waals surface area contributed by atoms with Crippen LogP contribution >= 0.6 is 0 Å². The minimum absolute atomic E-state index is 0.115. The fourth-order valence-corrected chi connectivity index (χ4v) is 4.14. The highest BCUT2D eigenvalue weighted by Crippen LogP contribution is 2.35. The second kappa shape index (κ2) is 4.68. The molecule has 5 nitrogen and oxygen atoms in total. The molecule has 1 aromatic carbocycles. The molecule has 3 rings (SSSR count). The minimum Gasteiger partial charge on any atom is -0.491 e. The lowest BCUT2D eigenvalue weighted by Gasteiger charge is -2.13. The largest absolute Gasteiger partial charge is 0.491 e. The van der Waals surface area contributed by atoms with Crippen molar-refractivity contribution in [2.45, 2.75) is 18.6 Å². The molecule has 6 heteroatoms. The lowest BCUT2D eigenvalue weighted by atomic mass is 10.1. The lowest BCUT2D eigenvalue weighted by Crippen LogP contribution is -2.18. The zero-order chi connectivity index (χ0) is 13.5. The Morgan fingerprint density at radius 2 is 2.26 bits per heavy atom. The third kappa shape index (κ3) is 2.55. The molecule has 0 amide bonds. The zero-order valence-corrected chi connectivity index (χ0v) is 11.6. The molecule has 1 fully saturated rings. The Bertz CT molecular complexity index is 584.